The Morgan fingerprint density at radius 3 is 2.55 bits per heavy atom. The predicted octanol–water partition coefficient (Wildman–Crippen LogP) is 3.32. The van der Waals surface area contributed by atoms with Gasteiger partial charge in [-0.3, -0.25) is 4.79 Å². The van der Waals surface area contributed by atoms with Crippen molar-refractivity contribution in [2.45, 2.75) is 46.5 Å². The lowest BCUT2D eigenvalue weighted by atomic mass is 9.97. The van der Waals surface area contributed by atoms with E-state index in [0.29, 0.717) is 17.6 Å². The van der Waals surface area contributed by atoms with Gasteiger partial charge in [0.25, 0.3) is 0 Å². The van der Waals surface area contributed by atoms with Crippen molar-refractivity contribution in [2.24, 2.45) is 5.92 Å². The zero-order chi connectivity index (χ0) is 21.1. The average Bonchev–Trinajstić information content (AvgIpc) is 3.11. The molecule has 9 heteroatoms. The lowest BCUT2D eigenvalue weighted by Crippen LogP contribution is -2.41. The highest BCUT2D eigenvalue weighted by Gasteiger charge is 2.29. The van der Waals surface area contributed by atoms with E-state index in [0.717, 1.165) is 35.7 Å². The third-order valence-electron chi connectivity index (χ3n) is 4.83. The Bertz CT molecular complexity index is 891. The van der Waals surface area contributed by atoms with Crippen LogP contribution in [0.4, 0.5) is 11.1 Å². The molecule has 1 aliphatic heterocycles. The van der Waals surface area contributed by atoms with Gasteiger partial charge >= 0.3 is 5.97 Å². The van der Waals surface area contributed by atoms with Gasteiger partial charge in [0.1, 0.15) is 0 Å². The standard InChI is InChI=1S/C20H27N5O3S/c1-11(2)16-15(18(27)28-5)23-20(29-16)24-17(26)14-7-6-8-25(10-14)19-21-12(3)9-13(4)22-19/h9,11,14H,6-8,10H2,1-5H3,(H,23,24,26)/t14-/m1/s1. The first-order valence-corrected chi connectivity index (χ1v) is 10.6. The van der Waals surface area contributed by atoms with Crippen LogP contribution in [0.2, 0.25) is 0 Å². The maximum atomic E-state index is 12.9. The number of hydrogen-bond donors (Lipinski definition) is 1. The molecule has 1 fully saturated rings. The number of amides is 1. The monoisotopic (exact) mass is 417 g/mol. The largest absolute Gasteiger partial charge is 0.464 e. The quantitative estimate of drug-likeness (QED) is 0.745. The van der Waals surface area contributed by atoms with E-state index in [9.17, 15) is 9.59 Å². The number of nitrogens with one attached hydrogen (secondary N) is 1. The second kappa shape index (κ2) is 8.86. The highest BCUT2D eigenvalue weighted by molar-refractivity contribution is 7.16. The summed E-state index contributed by atoms with van der Waals surface area (Å²) in [7, 11) is 1.33. The van der Waals surface area contributed by atoms with Gasteiger partial charge in [0.2, 0.25) is 11.9 Å². The van der Waals surface area contributed by atoms with Crippen molar-refractivity contribution in [3.63, 3.8) is 0 Å². The Labute approximate surface area is 174 Å². The zero-order valence-corrected chi connectivity index (χ0v) is 18.3. The van der Waals surface area contributed by atoms with E-state index in [1.165, 1.54) is 18.4 Å². The van der Waals surface area contributed by atoms with Gasteiger partial charge < -0.3 is 15.0 Å². The molecular formula is C20H27N5O3S. The van der Waals surface area contributed by atoms with Crippen LogP contribution in [-0.2, 0) is 9.53 Å². The number of aromatic nitrogens is 3. The van der Waals surface area contributed by atoms with Crippen molar-refractivity contribution >= 4 is 34.3 Å². The summed E-state index contributed by atoms with van der Waals surface area (Å²) in [5, 5.41) is 3.32. The van der Waals surface area contributed by atoms with E-state index in [1.807, 2.05) is 33.8 Å². The van der Waals surface area contributed by atoms with E-state index in [-0.39, 0.29) is 23.4 Å². The molecule has 1 aliphatic rings. The van der Waals surface area contributed by atoms with Gasteiger partial charge in [0.15, 0.2) is 10.8 Å². The van der Waals surface area contributed by atoms with Gasteiger partial charge in [-0.25, -0.2) is 19.7 Å². The van der Waals surface area contributed by atoms with E-state index >= 15 is 0 Å². The number of piperidine rings is 1. The van der Waals surface area contributed by atoms with Crippen molar-refractivity contribution in [1.82, 2.24) is 15.0 Å². The maximum absolute atomic E-state index is 12.9. The van der Waals surface area contributed by atoms with E-state index < -0.39 is 5.97 Å². The van der Waals surface area contributed by atoms with Gasteiger partial charge in [0.05, 0.1) is 13.0 Å². The molecular weight excluding hydrogens is 390 g/mol. The minimum Gasteiger partial charge on any atom is -0.464 e. The second-order valence-electron chi connectivity index (χ2n) is 7.60. The average molecular weight is 418 g/mol. The van der Waals surface area contributed by atoms with Crippen molar-refractivity contribution in [1.29, 1.82) is 0 Å². The molecule has 0 spiro atoms. The molecule has 0 saturated carbocycles. The smallest absolute Gasteiger partial charge is 0.357 e. The topological polar surface area (TPSA) is 97.3 Å². The summed E-state index contributed by atoms with van der Waals surface area (Å²) in [5.41, 5.74) is 2.11. The summed E-state index contributed by atoms with van der Waals surface area (Å²) < 4.78 is 4.82. The highest BCUT2D eigenvalue weighted by atomic mass is 32.1. The summed E-state index contributed by atoms with van der Waals surface area (Å²) in [4.78, 5) is 41.1. The molecule has 0 aliphatic carbocycles. The number of thiazole rings is 1. The van der Waals surface area contributed by atoms with Crippen molar-refractivity contribution in [3.8, 4) is 0 Å². The number of hydrogen-bond acceptors (Lipinski definition) is 8. The number of carbonyl (C=O) groups excluding carboxylic acids is 2. The van der Waals surface area contributed by atoms with Gasteiger partial charge in [-0.2, -0.15) is 0 Å². The van der Waals surface area contributed by atoms with Crippen LogP contribution < -0.4 is 10.2 Å². The third kappa shape index (κ3) is 4.90. The van der Waals surface area contributed by atoms with Crippen LogP contribution in [0.3, 0.4) is 0 Å². The number of carbonyl (C=O) groups is 2. The van der Waals surface area contributed by atoms with Gasteiger partial charge in [-0.05, 0) is 38.7 Å². The van der Waals surface area contributed by atoms with Crippen molar-refractivity contribution in [2.75, 3.05) is 30.4 Å². The lowest BCUT2D eigenvalue weighted by molar-refractivity contribution is -0.120. The Morgan fingerprint density at radius 2 is 1.93 bits per heavy atom. The van der Waals surface area contributed by atoms with Crippen LogP contribution in [0.25, 0.3) is 0 Å². The van der Waals surface area contributed by atoms with Crippen molar-refractivity contribution in [3.05, 3.63) is 28.0 Å². The van der Waals surface area contributed by atoms with Crippen LogP contribution >= 0.6 is 11.3 Å². The van der Waals surface area contributed by atoms with Crippen LogP contribution in [0.15, 0.2) is 6.07 Å². The Hall–Kier alpha value is -2.55. The van der Waals surface area contributed by atoms with Crippen LogP contribution in [0, 0.1) is 19.8 Å². The lowest BCUT2D eigenvalue weighted by Gasteiger charge is -2.32. The first-order chi connectivity index (χ1) is 13.8. The molecule has 1 atom stereocenters. The number of esters is 1. The predicted molar refractivity (Wildman–Crippen MR) is 113 cm³/mol. The normalized spacial score (nSPS) is 16.8. The van der Waals surface area contributed by atoms with Crippen LogP contribution in [-0.4, -0.2) is 47.0 Å². The fourth-order valence-corrected chi connectivity index (χ4v) is 4.41. The SMILES string of the molecule is COC(=O)c1nc(NC(=O)[C@@H]2CCCN(c3nc(C)cc(C)n3)C2)sc1C(C)C. The van der Waals surface area contributed by atoms with E-state index in [1.54, 1.807) is 0 Å². The molecule has 2 aromatic rings. The zero-order valence-electron chi connectivity index (χ0n) is 17.5. The number of ether oxygens (including phenoxy) is 1. The molecule has 3 heterocycles. The van der Waals surface area contributed by atoms with Gasteiger partial charge in [-0.1, -0.05) is 13.8 Å². The fraction of sp³-hybridized carbons (Fsp3) is 0.550. The summed E-state index contributed by atoms with van der Waals surface area (Å²) in [6, 6.07) is 1.94. The number of nitrogens with zero attached hydrogens (tertiary/aromatic N) is 4. The highest BCUT2D eigenvalue weighted by Crippen LogP contribution is 2.31. The number of aryl methyl sites for hydroxylation is 2. The minimum absolute atomic E-state index is 0.0976. The van der Waals surface area contributed by atoms with E-state index in [4.69, 9.17) is 4.74 Å². The fourth-order valence-electron chi connectivity index (χ4n) is 3.45. The summed E-state index contributed by atoms with van der Waals surface area (Å²) in [6.07, 6.45) is 1.68. The maximum Gasteiger partial charge on any atom is 0.357 e. The molecule has 0 unspecified atom stereocenters. The van der Waals surface area contributed by atoms with E-state index in [2.05, 4.69) is 25.2 Å². The number of anilines is 2. The third-order valence-corrected chi connectivity index (χ3v) is 6.10. The summed E-state index contributed by atoms with van der Waals surface area (Å²) >= 11 is 1.32. The molecule has 8 nitrogen and oxygen atoms in total. The first-order valence-electron chi connectivity index (χ1n) is 9.75. The summed E-state index contributed by atoms with van der Waals surface area (Å²) in [5.74, 6) is 0.00500. The molecule has 1 amide bonds. The molecule has 0 radical (unpaired) electrons. The van der Waals surface area contributed by atoms with Crippen molar-refractivity contribution < 1.29 is 14.3 Å². The molecule has 2 aromatic heterocycles. The Balaban J connectivity index is 1.73. The summed E-state index contributed by atoms with van der Waals surface area (Å²) in [6.45, 7) is 9.23. The molecule has 3 rings (SSSR count). The molecule has 156 valence electrons. The van der Waals surface area contributed by atoms with Gasteiger partial charge in [-0.15, -0.1) is 11.3 Å². The molecule has 29 heavy (non-hydrogen) atoms. The Morgan fingerprint density at radius 1 is 1.24 bits per heavy atom. The Kier molecular flexibility index (Phi) is 6.46. The second-order valence-corrected chi connectivity index (χ2v) is 8.63. The minimum atomic E-state index is -0.485. The van der Waals surface area contributed by atoms with Crippen LogP contribution in [0.1, 0.15) is 59.4 Å². The number of methoxy groups -OCH3 is 1. The molecule has 0 bridgehead atoms. The molecule has 0 aromatic carbocycles. The van der Waals surface area contributed by atoms with Crippen LogP contribution in [0.5, 0.6) is 0 Å². The van der Waals surface area contributed by atoms with Gasteiger partial charge in [0, 0.05) is 29.4 Å². The molecule has 1 saturated heterocycles. The number of rotatable bonds is 5. The first kappa shape index (κ1) is 21.2. The molecule has 1 N–H and O–H groups in total.